The van der Waals surface area contributed by atoms with E-state index in [1.165, 1.54) is 4.57 Å². The van der Waals surface area contributed by atoms with Crippen LogP contribution in [0.2, 0.25) is 0 Å². The van der Waals surface area contributed by atoms with Gasteiger partial charge >= 0.3 is 0 Å². The highest BCUT2D eigenvalue weighted by Gasteiger charge is 2.25. The molecule has 18 heavy (non-hydrogen) atoms. The second-order valence-electron chi connectivity index (χ2n) is 4.13. The van der Waals surface area contributed by atoms with Gasteiger partial charge in [0.2, 0.25) is 0 Å². The third-order valence-electron chi connectivity index (χ3n) is 2.33. The molecule has 0 aliphatic rings. The van der Waals surface area contributed by atoms with Crippen molar-refractivity contribution in [2.45, 2.75) is 25.0 Å². The topological polar surface area (TPSA) is 82.7 Å². The number of aromatic nitrogens is 5. The summed E-state index contributed by atoms with van der Waals surface area (Å²) in [4.78, 5) is 4.13. The van der Waals surface area contributed by atoms with E-state index in [4.69, 9.17) is 10.7 Å². The Bertz CT molecular complexity index is 673. The number of halogens is 1. The smallest absolute Gasteiger partial charge is 0.296 e. The molecule has 2 heterocycles. The lowest BCUT2D eigenvalue weighted by Gasteiger charge is -2.10. The Kier molecular flexibility index (Phi) is 3.16. The van der Waals surface area contributed by atoms with E-state index in [2.05, 4.69) is 15.2 Å². The van der Waals surface area contributed by atoms with E-state index in [1.54, 1.807) is 17.1 Å². The van der Waals surface area contributed by atoms with Crippen LogP contribution in [-0.2, 0) is 16.1 Å². The Hall–Kier alpha value is -1.41. The second kappa shape index (κ2) is 4.36. The molecular weight excluding hydrogens is 278 g/mol. The summed E-state index contributed by atoms with van der Waals surface area (Å²) in [5.74, 6) is 0.379. The van der Waals surface area contributed by atoms with Crippen LogP contribution < -0.4 is 0 Å². The molecule has 0 N–H and O–H groups in total. The van der Waals surface area contributed by atoms with Gasteiger partial charge in [0.05, 0.1) is 6.33 Å². The molecule has 0 amide bonds. The van der Waals surface area contributed by atoms with Crippen LogP contribution in [0.1, 0.15) is 19.9 Å². The average Bonchev–Trinajstić information content (AvgIpc) is 2.80. The summed E-state index contributed by atoms with van der Waals surface area (Å²) in [6.45, 7) is 3.64. The van der Waals surface area contributed by atoms with Crippen molar-refractivity contribution in [3.63, 3.8) is 0 Å². The third-order valence-corrected chi connectivity index (χ3v) is 3.46. The average molecular weight is 290 g/mol. The standard InChI is InChI=1S/C9H12ClN5O2S/c1-6(2)15-8(7-4-14(3)5-11-7)12-13-9(15)18(10,16)17/h4-6H,1-3H3. The quantitative estimate of drug-likeness (QED) is 0.793. The van der Waals surface area contributed by atoms with Gasteiger partial charge in [0, 0.05) is 30.0 Å². The summed E-state index contributed by atoms with van der Waals surface area (Å²) in [6.07, 6.45) is 3.33. The van der Waals surface area contributed by atoms with Gasteiger partial charge in [-0.15, -0.1) is 10.2 Å². The van der Waals surface area contributed by atoms with Crippen LogP contribution in [0.4, 0.5) is 0 Å². The minimum atomic E-state index is -3.93. The first-order valence-corrected chi connectivity index (χ1v) is 7.49. The number of hydrogen-bond donors (Lipinski definition) is 0. The highest BCUT2D eigenvalue weighted by atomic mass is 35.7. The zero-order valence-electron chi connectivity index (χ0n) is 10.1. The molecule has 0 unspecified atom stereocenters. The van der Waals surface area contributed by atoms with Gasteiger partial charge in [-0.05, 0) is 13.8 Å². The molecule has 98 valence electrons. The largest absolute Gasteiger partial charge is 0.340 e. The van der Waals surface area contributed by atoms with Crippen LogP contribution in [0, 0.1) is 0 Å². The van der Waals surface area contributed by atoms with Crippen LogP contribution in [0.5, 0.6) is 0 Å². The van der Waals surface area contributed by atoms with Gasteiger partial charge in [-0.25, -0.2) is 13.4 Å². The maximum absolute atomic E-state index is 11.4. The van der Waals surface area contributed by atoms with Crippen LogP contribution in [0.3, 0.4) is 0 Å². The number of rotatable bonds is 3. The van der Waals surface area contributed by atoms with Gasteiger partial charge in [0.25, 0.3) is 14.2 Å². The second-order valence-corrected chi connectivity index (χ2v) is 6.59. The van der Waals surface area contributed by atoms with Crippen LogP contribution in [0.15, 0.2) is 17.7 Å². The van der Waals surface area contributed by atoms with E-state index in [-0.39, 0.29) is 11.2 Å². The van der Waals surface area contributed by atoms with Crippen molar-refractivity contribution in [3.8, 4) is 11.5 Å². The Morgan fingerprint density at radius 3 is 2.44 bits per heavy atom. The first-order chi connectivity index (χ1) is 8.30. The molecule has 0 aromatic carbocycles. The Labute approximate surface area is 109 Å². The zero-order chi connectivity index (χ0) is 13.5. The normalized spacial score (nSPS) is 12.3. The molecule has 0 bridgehead atoms. The lowest BCUT2D eigenvalue weighted by molar-refractivity contribution is 0.530. The van der Waals surface area contributed by atoms with Crippen molar-refractivity contribution in [2.75, 3.05) is 0 Å². The molecule has 0 atom stereocenters. The Balaban J connectivity index is 2.67. The van der Waals surface area contributed by atoms with Crippen LogP contribution in [0.25, 0.3) is 11.5 Å². The minimum absolute atomic E-state index is 0.152. The molecule has 2 aromatic rings. The van der Waals surface area contributed by atoms with E-state index in [0.717, 1.165) is 0 Å². The lowest BCUT2D eigenvalue weighted by Crippen LogP contribution is -2.10. The van der Waals surface area contributed by atoms with E-state index < -0.39 is 9.05 Å². The SMILES string of the molecule is CC(C)n1c(-c2cn(C)cn2)nnc1S(=O)(=O)Cl. The fourth-order valence-corrected chi connectivity index (χ4v) is 2.60. The summed E-state index contributed by atoms with van der Waals surface area (Å²) < 4.78 is 26.0. The maximum atomic E-state index is 11.4. The zero-order valence-corrected chi connectivity index (χ0v) is 11.6. The van der Waals surface area contributed by atoms with Gasteiger partial charge in [0.1, 0.15) is 5.69 Å². The van der Waals surface area contributed by atoms with Crippen LogP contribution in [-0.4, -0.2) is 32.7 Å². The molecule has 9 heteroatoms. The molecule has 7 nitrogen and oxygen atoms in total. The van der Waals surface area contributed by atoms with Crippen molar-refractivity contribution in [2.24, 2.45) is 7.05 Å². The van der Waals surface area contributed by atoms with E-state index in [1.807, 2.05) is 20.9 Å². The molecule has 0 radical (unpaired) electrons. The predicted octanol–water partition coefficient (Wildman–Crippen LogP) is 1.19. The highest BCUT2D eigenvalue weighted by Crippen LogP contribution is 2.24. The number of nitrogens with zero attached hydrogens (tertiary/aromatic N) is 5. The molecule has 2 aromatic heterocycles. The van der Waals surface area contributed by atoms with Crippen molar-refractivity contribution in [1.29, 1.82) is 0 Å². The van der Waals surface area contributed by atoms with Crippen molar-refractivity contribution in [1.82, 2.24) is 24.3 Å². The summed E-state index contributed by atoms with van der Waals surface area (Å²) in [6, 6.07) is -0.152. The molecule has 0 spiro atoms. The first kappa shape index (κ1) is 13.0. The summed E-state index contributed by atoms with van der Waals surface area (Å²) in [7, 11) is 3.22. The Morgan fingerprint density at radius 1 is 1.33 bits per heavy atom. The van der Waals surface area contributed by atoms with Crippen molar-refractivity contribution in [3.05, 3.63) is 12.5 Å². The summed E-state index contributed by atoms with van der Waals surface area (Å²) in [5.41, 5.74) is 0.547. The van der Waals surface area contributed by atoms with Gasteiger partial charge < -0.3 is 4.57 Å². The number of imidazole rings is 1. The number of aryl methyl sites for hydroxylation is 1. The van der Waals surface area contributed by atoms with E-state index in [0.29, 0.717) is 11.5 Å². The van der Waals surface area contributed by atoms with E-state index in [9.17, 15) is 8.42 Å². The van der Waals surface area contributed by atoms with Gasteiger partial charge in [-0.3, -0.25) is 4.57 Å². The van der Waals surface area contributed by atoms with Crippen molar-refractivity contribution < 1.29 is 8.42 Å². The van der Waals surface area contributed by atoms with Gasteiger partial charge in [-0.1, -0.05) is 0 Å². The van der Waals surface area contributed by atoms with Gasteiger partial charge in [-0.2, -0.15) is 0 Å². The molecule has 2 rings (SSSR count). The maximum Gasteiger partial charge on any atom is 0.296 e. The first-order valence-electron chi connectivity index (χ1n) is 5.18. The summed E-state index contributed by atoms with van der Waals surface area (Å²) in [5, 5.41) is 7.23. The van der Waals surface area contributed by atoms with Gasteiger partial charge in [0.15, 0.2) is 5.82 Å². The molecule has 0 saturated heterocycles. The third kappa shape index (κ3) is 2.25. The summed E-state index contributed by atoms with van der Waals surface area (Å²) >= 11 is 0. The molecule has 0 saturated carbocycles. The minimum Gasteiger partial charge on any atom is -0.340 e. The lowest BCUT2D eigenvalue weighted by atomic mass is 10.3. The molecule has 0 aliphatic heterocycles. The Morgan fingerprint density at radius 2 is 2.00 bits per heavy atom. The highest BCUT2D eigenvalue weighted by molar-refractivity contribution is 8.13. The molecule has 0 fully saturated rings. The molecule has 0 aliphatic carbocycles. The fraction of sp³-hybridized carbons (Fsp3) is 0.444. The van der Waals surface area contributed by atoms with Crippen molar-refractivity contribution >= 4 is 19.7 Å². The fourth-order valence-electron chi connectivity index (χ4n) is 1.61. The monoisotopic (exact) mass is 289 g/mol. The number of hydrogen-bond acceptors (Lipinski definition) is 5. The van der Waals surface area contributed by atoms with Crippen LogP contribution >= 0.6 is 10.7 Å². The van der Waals surface area contributed by atoms with E-state index >= 15 is 0 Å². The molecular formula is C9H12ClN5O2S. The predicted molar refractivity (Wildman–Crippen MR) is 65.6 cm³/mol.